The Bertz CT molecular complexity index is 1160. The van der Waals surface area contributed by atoms with Gasteiger partial charge >= 0.3 is 0 Å². The summed E-state index contributed by atoms with van der Waals surface area (Å²) in [6, 6.07) is 27.7. The van der Waals surface area contributed by atoms with Crippen molar-refractivity contribution in [3.05, 3.63) is 108 Å². The molecule has 31 heavy (non-hydrogen) atoms. The van der Waals surface area contributed by atoms with Crippen LogP contribution in [0, 0.1) is 0 Å². The lowest BCUT2D eigenvalue weighted by Gasteiger charge is -2.26. The van der Waals surface area contributed by atoms with Gasteiger partial charge in [-0.05, 0) is 24.1 Å². The SMILES string of the molecule is C[C@@H](NC(=O)Cn1cc(C(N)=O)c2ccccc21)C(c1ccccc1)c1ccccc1. The van der Waals surface area contributed by atoms with Gasteiger partial charge in [0.25, 0.3) is 5.91 Å². The topological polar surface area (TPSA) is 77.1 Å². The predicted molar refractivity (Wildman–Crippen MR) is 123 cm³/mol. The predicted octanol–water partition coefficient (Wildman–Crippen LogP) is 4.08. The quantitative estimate of drug-likeness (QED) is 0.481. The highest BCUT2D eigenvalue weighted by Crippen LogP contribution is 2.28. The number of nitrogens with zero attached hydrogens (tertiary/aromatic N) is 1. The van der Waals surface area contributed by atoms with E-state index in [0.29, 0.717) is 5.56 Å². The second-order valence-electron chi connectivity index (χ2n) is 7.71. The van der Waals surface area contributed by atoms with Gasteiger partial charge in [-0.25, -0.2) is 0 Å². The molecule has 0 aliphatic carbocycles. The zero-order valence-corrected chi connectivity index (χ0v) is 17.4. The first-order valence-corrected chi connectivity index (χ1v) is 10.3. The zero-order valence-electron chi connectivity index (χ0n) is 17.4. The molecule has 0 saturated carbocycles. The van der Waals surface area contributed by atoms with Crippen LogP contribution in [0.15, 0.2) is 91.1 Å². The normalized spacial score (nSPS) is 12.1. The number of carbonyl (C=O) groups excluding carboxylic acids is 2. The third-order valence-corrected chi connectivity index (χ3v) is 5.57. The lowest BCUT2D eigenvalue weighted by atomic mass is 9.86. The van der Waals surface area contributed by atoms with Crippen LogP contribution in [0.2, 0.25) is 0 Å². The van der Waals surface area contributed by atoms with Gasteiger partial charge in [0.2, 0.25) is 5.91 Å². The summed E-state index contributed by atoms with van der Waals surface area (Å²) >= 11 is 0. The van der Waals surface area contributed by atoms with Crippen LogP contribution >= 0.6 is 0 Å². The van der Waals surface area contributed by atoms with E-state index in [1.165, 1.54) is 0 Å². The lowest BCUT2D eigenvalue weighted by Crippen LogP contribution is -2.39. The first-order valence-electron chi connectivity index (χ1n) is 10.3. The van der Waals surface area contributed by atoms with E-state index in [1.54, 1.807) is 10.8 Å². The van der Waals surface area contributed by atoms with E-state index in [4.69, 9.17) is 5.73 Å². The average molecular weight is 412 g/mol. The third-order valence-electron chi connectivity index (χ3n) is 5.57. The highest BCUT2D eigenvalue weighted by Gasteiger charge is 2.23. The lowest BCUT2D eigenvalue weighted by molar-refractivity contribution is -0.122. The van der Waals surface area contributed by atoms with E-state index in [1.807, 2.05) is 67.6 Å². The van der Waals surface area contributed by atoms with Crippen LogP contribution in [0.25, 0.3) is 10.9 Å². The van der Waals surface area contributed by atoms with E-state index in [9.17, 15) is 9.59 Å². The molecular weight excluding hydrogens is 386 g/mol. The molecule has 5 heteroatoms. The van der Waals surface area contributed by atoms with Gasteiger partial charge < -0.3 is 15.6 Å². The largest absolute Gasteiger partial charge is 0.366 e. The van der Waals surface area contributed by atoms with Crippen molar-refractivity contribution in [3.8, 4) is 0 Å². The summed E-state index contributed by atoms with van der Waals surface area (Å²) in [6.45, 7) is 2.12. The number of benzene rings is 3. The van der Waals surface area contributed by atoms with Crippen molar-refractivity contribution in [3.63, 3.8) is 0 Å². The molecule has 0 radical (unpaired) electrons. The summed E-state index contributed by atoms with van der Waals surface area (Å²) in [5.74, 6) is -0.605. The Morgan fingerprint density at radius 3 is 2.00 bits per heavy atom. The van der Waals surface area contributed by atoms with Crippen molar-refractivity contribution >= 4 is 22.7 Å². The van der Waals surface area contributed by atoms with Gasteiger partial charge in [-0.2, -0.15) is 0 Å². The third kappa shape index (κ3) is 4.36. The summed E-state index contributed by atoms with van der Waals surface area (Å²) in [5.41, 5.74) is 9.03. The maximum atomic E-state index is 13.0. The van der Waals surface area contributed by atoms with Gasteiger partial charge in [-0.1, -0.05) is 78.9 Å². The fraction of sp³-hybridized carbons (Fsp3) is 0.154. The summed E-state index contributed by atoms with van der Waals surface area (Å²) in [4.78, 5) is 24.8. The number of para-hydroxylation sites is 1. The molecule has 1 aromatic heterocycles. The molecule has 0 spiro atoms. The molecule has 0 aliphatic heterocycles. The second kappa shape index (κ2) is 8.88. The number of hydrogen-bond donors (Lipinski definition) is 2. The summed E-state index contributed by atoms with van der Waals surface area (Å²) in [7, 11) is 0. The monoisotopic (exact) mass is 411 g/mol. The molecule has 0 aliphatic rings. The van der Waals surface area contributed by atoms with E-state index >= 15 is 0 Å². The van der Waals surface area contributed by atoms with Gasteiger partial charge in [0.1, 0.15) is 6.54 Å². The van der Waals surface area contributed by atoms with Crippen LogP contribution in [0.1, 0.15) is 34.3 Å². The molecule has 0 fully saturated rings. The molecule has 0 unspecified atom stereocenters. The fourth-order valence-electron chi connectivity index (χ4n) is 4.20. The highest BCUT2D eigenvalue weighted by molar-refractivity contribution is 6.06. The number of nitrogens with one attached hydrogen (secondary N) is 1. The fourth-order valence-corrected chi connectivity index (χ4v) is 4.20. The van der Waals surface area contributed by atoms with Crippen molar-refractivity contribution < 1.29 is 9.59 Å². The average Bonchev–Trinajstić information content (AvgIpc) is 3.14. The van der Waals surface area contributed by atoms with Crippen LogP contribution in [0.4, 0.5) is 0 Å². The van der Waals surface area contributed by atoms with Crippen molar-refractivity contribution in [2.24, 2.45) is 5.73 Å². The number of amides is 2. The zero-order chi connectivity index (χ0) is 21.8. The summed E-state index contributed by atoms with van der Waals surface area (Å²) in [5, 5.41) is 3.90. The number of fused-ring (bicyclic) bond motifs is 1. The first-order chi connectivity index (χ1) is 15.0. The minimum atomic E-state index is -0.503. The number of primary amides is 1. The van der Waals surface area contributed by atoms with E-state index < -0.39 is 5.91 Å². The van der Waals surface area contributed by atoms with Crippen LogP contribution in [-0.2, 0) is 11.3 Å². The number of nitrogens with two attached hydrogens (primary N) is 1. The number of rotatable bonds is 7. The summed E-state index contributed by atoms with van der Waals surface area (Å²) < 4.78 is 1.78. The Morgan fingerprint density at radius 1 is 0.871 bits per heavy atom. The molecule has 156 valence electrons. The van der Waals surface area contributed by atoms with Crippen molar-refractivity contribution in [1.82, 2.24) is 9.88 Å². The van der Waals surface area contributed by atoms with Gasteiger partial charge in [0, 0.05) is 29.1 Å². The van der Waals surface area contributed by atoms with Crippen molar-refractivity contribution in [2.45, 2.75) is 25.4 Å². The molecule has 1 atom stereocenters. The molecule has 0 bridgehead atoms. The van der Waals surface area contributed by atoms with Crippen molar-refractivity contribution in [2.75, 3.05) is 0 Å². The molecule has 3 N–H and O–H groups in total. The minimum Gasteiger partial charge on any atom is -0.366 e. The summed E-state index contributed by atoms with van der Waals surface area (Å²) in [6.07, 6.45) is 1.66. The molecule has 1 heterocycles. The molecule has 0 saturated heterocycles. The second-order valence-corrected chi connectivity index (χ2v) is 7.71. The Labute approximate surface area is 181 Å². The Kier molecular flexibility index (Phi) is 5.85. The number of aromatic nitrogens is 1. The Morgan fingerprint density at radius 2 is 1.42 bits per heavy atom. The van der Waals surface area contributed by atoms with E-state index in [0.717, 1.165) is 22.0 Å². The highest BCUT2D eigenvalue weighted by atomic mass is 16.2. The number of hydrogen-bond acceptors (Lipinski definition) is 2. The first kappa shape index (κ1) is 20.4. The van der Waals surface area contributed by atoms with Crippen LogP contribution in [0.5, 0.6) is 0 Å². The van der Waals surface area contributed by atoms with Gasteiger partial charge in [0.05, 0.1) is 5.56 Å². The van der Waals surface area contributed by atoms with Crippen LogP contribution in [0.3, 0.4) is 0 Å². The Balaban J connectivity index is 1.58. The van der Waals surface area contributed by atoms with E-state index in [-0.39, 0.29) is 24.4 Å². The van der Waals surface area contributed by atoms with E-state index in [2.05, 4.69) is 29.6 Å². The molecule has 5 nitrogen and oxygen atoms in total. The molecule has 2 amide bonds. The molecule has 3 aromatic carbocycles. The molecule has 4 aromatic rings. The van der Waals surface area contributed by atoms with Crippen LogP contribution < -0.4 is 11.1 Å². The van der Waals surface area contributed by atoms with Gasteiger partial charge in [0.15, 0.2) is 0 Å². The number of carbonyl (C=O) groups is 2. The smallest absolute Gasteiger partial charge is 0.250 e. The maximum Gasteiger partial charge on any atom is 0.250 e. The minimum absolute atomic E-state index is 0.0222. The maximum absolute atomic E-state index is 13.0. The van der Waals surface area contributed by atoms with Gasteiger partial charge in [-0.3, -0.25) is 9.59 Å². The van der Waals surface area contributed by atoms with Crippen molar-refractivity contribution in [1.29, 1.82) is 0 Å². The molecule has 4 rings (SSSR count). The standard InChI is InChI=1S/C26H25N3O2/c1-18(25(19-10-4-2-5-11-19)20-12-6-3-7-13-20)28-24(30)17-29-16-22(26(27)31)21-14-8-9-15-23(21)29/h2-16,18,25H,17H2,1H3,(H2,27,31)(H,28,30)/t18-/m1/s1. The Hall–Kier alpha value is -3.86. The van der Waals surface area contributed by atoms with Crippen LogP contribution in [-0.4, -0.2) is 22.4 Å². The van der Waals surface area contributed by atoms with Gasteiger partial charge in [-0.15, -0.1) is 0 Å². The molecular formula is C26H25N3O2.